The van der Waals surface area contributed by atoms with Crippen LogP contribution in [-0.2, 0) is 0 Å². The Bertz CT molecular complexity index is 610. The first-order chi connectivity index (χ1) is 9.65. The van der Waals surface area contributed by atoms with E-state index in [2.05, 4.69) is 29.9 Å². The number of pyridine rings is 1. The predicted octanol–water partition coefficient (Wildman–Crippen LogP) is 3.50. The summed E-state index contributed by atoms with van der Waals surface area (Å²) in [6.45, 7) is 3.21. The molecule has 1 aromatic heterocycles. The highest BCUT2D eigenvalue weighted by molar-refractivity contribution is 7.80. The molecule has 0 bridgehead atoms. The Balaban J connectivity index is 2.46. The van der Waals surface area contributed by atoms with E-state index in [1.807, 2.05) is 18.2 Å². The molecule has 0 aliphatic rings. The van der Waals surface area contributed by atoms with Gasteiger partial charge in [-0.3, -0.25) is 4.98 Å². The normalized spacial score (nSPS) is 10.7. The summed E-state index contributed by atoms with van der Waals surface area (Å²) in [5.74, 6) is 0. The molecule has 0 radical (unpaired) electrons. The number of hydrogen-bond donors (Lipinski definition) is 1. The van der Waals surface area contributed by atoms with Gasteiger partial charge in [0.25, 0.3) is 0 Å². The van der Waals surface area contributed by atoms with E-state index in [0.29, 0.717) is 4.99 Å². The third-order valence-corrected chi connectivity index (χ3v) is 3.71. The first-order valence-electron chi connectivity index (χ1n) is 7.03. The summed E-state index contributed by atoms with van der Waals surface area (Å²) in [6, 6.07) is 8.12. The van der Waals surface area contributed by atoms with Crippen molar-refractivity contribution in [3.05, 3.63) is 36.0 Å². The number of nitrogens with two attached hydrogens (primary N) is 1. The van der Waals surface area contributed by atoms with Gasteiger partial charge < -0.3 is 10.6 Å². The van der Waals surface area contributed by atoms with Crippen molar-refractivity contribution < 1.29 is 0 Å². The molecule has 4 heteroatoms. The molecule has 2 N–H and O–H groups in total. The molecule has 2 aromatic rings. The Morgan fingerprint density at radius 2 is 2.05 bits per heavy atom. The maximum Gasteiger partial charge on any atom is 0.107 e. The van der Waals surface area contributed by atoms with Crippen LogP contribution < -0.4 is 10.6 Å². The van der Waals surface area contributed by atoms with Gasteiger partial charge in [0.05, 0.1) is 16.8 Å². The van der Waals surface area contributed by atoms with Gasteiger partial charge >= 0.3 is 0 Å². The number of fused-ring (bicyclic) bond motifs is 1. The van der Waals surface area contributed by atoms with E-state index in [1.54, 1.807) is 6.20 Å². The SMILES string of the molecule is CCCCCN(C)c1c(C(N)=S)cnc2ccccc12. The summed E-state index contributed by atoms with van der Waals surface area (Å²) in [7, 11) is 2.10. The van der Waals surface area contributed by atoms with E-state index in [4.69, 9.17) is 18.0 Å². The van der Waals surface area contributed by atoms with Gasteiger partial charge in [-0.2, -0.15) is 0 Å². The van der Waals surface area contributed by atoms with Crippen LogP contribution in [-0.4, -0.2) is 23.6 Å². The fourth-order valence-corrected chi connectivity index (χ4v) is 2.58. The van der Waals surface area contributed by atoms with Crippen LogP contribution in [0.25, 0.3) is 10.9 Å². The maximum atomic E-state index is 5.86. The van der Waals surface area contributed by atoms with Gasteiger partial charge in [0.15, 0.2) is 0 Å². The summed E-state index contributed by atoms with van der Waals surface area (Å²) in [5.41, 5.74) is 8.80. The van der Waals surface area contributed by atoms with Gasteiger partial charge in [-0.15, -0.1) is 0 Å². The Morgan fingerprint density at radius 1 is 1.30 bits per heavy atom. The molecule has 0 fully saturated rings. The van der Waals surface area contributed by atoms with Crippen molar-refractivity contribution in [2.24, 2.45) is 5.73 Å². The number of thiocarbonyl (C=S) groups is 1. The highest BCUT2D eigenvalue weighted by Crippen LogP contribution is 2.29. The molecule has 0 aliphatic heterocycles. The number of anilines is 1. The zero-order valence-corrected chi connectivity index (χ0v) is 12.9. The molecule has 106 valence electrons. The van der Waals surface area contributed by atoms with Crippen molar-refractivity contribution in [2.75, 3.05) is 18.5 Å². The lowest BCUT2D eigenvalue weighted by Crippen LogP contribution is -2.23. The summed E-state index contributed by atoms with van der Waals surface area (Å²) in [6.07, 6.45) is 5.40. The average molecular weight is 287 g/mol. The minimum atomic E-state index is 0.403. The van der Waals surface area contributed by atoms with Gasteiger partial charge in [-0.25, -0.2) is 0 Å². The van der Waals surface area contributed by atoms with Crippen molar-refractivity contribution in [3.8, 4) is 0 Å². The van der Waals surface area contributed by atoms with E-state index in [9.17, 15) is 0 Å². The molecule has 0 unspecified atom stereocenters. The average Bonchev–Trinajstić information content (AvgIpc) is 2.46. The molecule has 0 saturated heterocycles. The summed E-state index contributed by atoms with van der Waals surface area (Å²) in [4.78, 5) is 7.10. The second-order valence-electron chi connectivity index (χ2n) is 5.03. The number of benzene rings is 1. The second kappa shape index (κ2) is 6.66. The number of unbranched alkanes of at least 4 members (excludes halogenated alkanes) is 2. The number of nitrogens with zero attached hydrogens (tertiary/aromatic N) is 2. The van der Waals surface area contributed by atoms with E-state index >= 15 is 0 Å². The van der Waals surface area contributed by atoms with Crippen LogP contribution in [0.3, 0.4) is 0 Å². The first-order valence-corrected chi connectivity index (χ1v) is 7.44. The molecule has 20 heavy (non-hydrogen) atoms. The maximum absolute atomic E-state index is 5.86. The lowest BCUT2D eigenvalue weighted by Gasteiger charge is -2.23. The van der Waals surface area contributed by atoms with Crippen LogP contribution >= 0.6 is 12.2 Å². The lowest BCUT2D eigenvalue weighted by atomic mass is 10.1. The Kier molecular flexibility index (Phi) is 4.90. The monoisotopic (exact) mass is 287 g/mol. The van der Waals surface area contributed by atoms with Crippen molar-refractivity contribution in [1.82, 2.24) is 4.98 Å². The number of hydrogen-bond acceptors (Lipinski definition) is 3. The van der Waals surface area contributed by atoms with Gasteiger partial charge in [0.1, 0.15) is 4.99 Å². The summed E-state index contributed by atoms with van der Waals surface area (Å²) in [5, 5.41) is 1.11. The van der Waals surface area contributed by atoms with Gasteiger partial charge in [-0.1, -0.05) is 50.2 Å². The predicted molar refractivity (Wildman–Crippen MR) is 90.4 cm³/mol. The molecular weight excluding hydrogens is 266 g/mol. The van der Waals surface area contributed by atoms with E-state index < -0.39 is 0 Å². The molecule has 1 aromatic carbocycles. The Labute approximate surface area is 125 Å². The van der Waals surface area contributed by atoms with Crippen molar-refractivity contribution in [2.45, 2.75) is 26.2 Å². The number of aromatic nitrogens is 1. The van der Waals surface area contributed by atoms with Gasteiger partial charge in [0.2, 0.25) is 0 Å². The van der Waals surface area contributed by atoms with Crippen molar-refractivity contribution >= 4 is 33.8 Å². The minimum absolute atomic E-state index is 0.403. The third kappa shape index (κ3) is 3.07. The topological polar surface area (TPSA) is 42.1 Å². The smallest absolute Gasteiger partial charge is 0.107 e. The molecule has 2 rings (SSSR count). The first kappa shape index (κ1) is 14.7. The Hall–Kier alpha value is -1.68. The largest absolute Gasteiger partial charge is 0.389 e. The molecule has 0 amide bonds. The zero-order valence-electron chi connectivity index (χ0n) is 12.1. The number of para-hydroxylation sites is 1. The molecule has 0 spiro atoms. The van der Waals surface area contributed by atoms with Crippen molar-refractivity contribution in [3.63, 3.8) is 0 Å². The Morgan fingerprint density at radius 3 is 2.75 bits per heavy atom. The molecule has 0 saturated carbocycles. The van der Waals surface area contributed by atoms with E-state index in [-0.39, 0.29) is 0 Å². The minimum Gasteiger partial charge on any atom is -0.389 e. The zero-order chi connectivity index (χ0) is 14.5. The van der Waals surface area contributed by atoms with Crippen LogP contribution in [0.2, 0.25) is 0 Å². The van der Waals surface area contributed by atoms with Crippen LogP contribution in [0, 0.1) is 0 Å². The molecule has 0 atom stereocenters. The second-order valence-corrected chi connectivity index (χ2v) is 5.47. The quantitative estimate of drug-likeness (QED) is 0.652. The number of rotatable bonds is 6. The molecule has 3 nitrogen and oxygen atoms in total. The molecule has 0 aliphatic carbocycles. The molecular formula is C16H21N3S. The van der Waals surface area contributed by atoms with E-state index in [1.165, 1.54) is 19.3 Å². The highest BCUT2D eigenvalue weighted by Gasteiger charge is 2.14. The van der Waals surface area contributed by atoms with E-state index in [0.717, 1.165) is 28.7 Å². The van der Waals surface area contributed by atoms with Gasteiger partial charge in [-0.05, 0) is 12.5 Å². The fraction of sp³-hybridized carbons (Fsp3) is 0.375. The van der Waals surface area contributed by atoms with Crippen LogP contribution in [0.5, 0.6) is 0 Å². The summed E-state index contributed by atoms with van der Waals surface area (Å²) >= 11 is 5.18. The molecule has 1 heterocycles. The highest BCUT2D eigenvalue weighted by atomic mass is 32.1. The van der Waals surface area contributed by atoms with Crippen LogP contribution in [0.4, 0.5) is 5.69 Å². The van der Waals surface area contributed by atoms with Crippen LogP contribution in [0.15, 0.2) is 30.5 Å². The standard InChI is InChI=1S/C16H21N3S/c1-3-4-7-10-19(2)15-12-8-5-6-9-14(12)18-11-13(15)16(17)20/h5-6,8-9,11H,3-4,7,10H2,1-2H3,(H2,17,20). The lowest BCUT2D eigenvalue weighted by molar-refractivity contribution is 0.706. The fourth-order valence-electron chi connectivity index (χ4n) is 2.43. The van der Waals surface area contributed by atoms with Crippen molar-refractivity contribution in [1.29, 1.82) is 0 Å². The van der Waals surface area contributed by atoms with Gasteiger partial charge in [0, 0.05) is 25.2 Å². The third-order valence-electron chi connectivity index (χ3n) is 3.49. The summed E-state index contributed by atoms with van der Waals surface area (Å²) < 4.78 is 0. The van der Waals surface area contributed by atoms with Crippen LogP contribution in [0.1, 0.15) is 31.7 Å².